The molecule has 0 N–H and O–H groups in total. The number of piperazine rings is 1. The minimum atomic E-state index is -0.237. The Bertz CT molecular complexity index is 723. The molecule has 1 amide bonds. The first-order valence-electron chi connectivity index (χ1n) is 7.59. The van der Waals surface area contributed by atoms with Crippen molar-refractivity contribution in [2.24, 2.45) is 0 Å². The molecule has 116 valence electrons. The standard InChI is InChI=1S/C19H17FN2O/c20-17-7-9-18(10-8-17)21-12-14-22(15-13-21)19(23)11-6-16-4-2-1-3-5-16/h1-5,7-10H,12-15H2. The lowest BCUT2D eigenvalue weighted by molar-refractivity contribution is -0.125. The minimum Gasteiger partial charge on any atom is -0.368 e. The molecule has 0 aromatic heterocycles. The van der Waals surface area contributed by atoms with Gasteiger partial charge in [0.2, 0.25) is 0 Å². The molecule has 1 aliphatic heterocycles. The number of benzene rings is 2. The number of nitrogens with zero attached hydrogens (tertiary/aromatic N) is 2. The van der Waals surface area contributed by atoms with Crippen molar-refractivity contribution in [2.75, 3.05) is 31.1 Å². The summed E-state index contributed by atoms with van der Waals surface area (Å²) < 4.78 is 13.0. The Balaban J connectivity index is 1.57. The van der Waals surface area contributed by atoms with Gasteiger partial charge >= 0.3 is 0 Å². The van der Waals surface area contributed by atoms with Gasteiger partial charge in [0.1, 0.15) is 5.82 Å². The second-order valence-corrected chi connectivity index (χ2v) is 5.37. The normalized spacial score (nSPS) is 14.1. The fourth-order valence-corrected chi connectivity index (χ4v) is 2.55. The maximum absolute atomic E-state index is 13.0. The molecule has 0 saturated carbocycles. The molecular formula is C19H17FN2O. The van der Waals surface area contributed by atoms with Crippen LogP contribution in [0.5, 0.6) is 0 Å². The Morgan fingerprint density at radius 3 is 2.22 bits per heavy atom. The lowest BCUT2D eigenvalue weighted by Crippen LogP contribution is -2.48. The summed E-state index contributed by atoms with van der Waals surface area (Å²) in [6, 6.07) is 15.9. The van der Waals surface area contributed by atoms with E-state index in [4.69, 9.17) is 0 Å². The number of carbonyl (C=O) groups is 1. The summed E-state index contributed by atoms with van der Waals surface area (Å²) in [7, 11) is 0. The molecule has 1 fully saturated rings. The number of amides is 1. The number of anilines is 1. The molecule has 2 aromatic carbocycles. The van der Waals surface area contributed by atoms with Gasteiger partial charge in [0.15, 0.2) is 0 Å². The molecule has 1 aliphatic rings. The van der Waals surface area contributed by atoms with Crippen molar-refractivity contribution in [3.8, 4) is 11.8 Å². The van der Waals surface area contributed by atoms with Crippen LogP contribution in [0.3, 0.4) is 0 Å². The Hall–Kier alpha value is -2.80. The van der Waals surface area contributed by atoms with Crippen LogP contribution in [-0.2, 0) is 4.79 Å². The summed E-state index contributed by atoms with van der Waals surface area (Å²) >= 11 is 0. The average molecular weight is 308 g/mol. The molecule has 3 rings (SSSR count). The first-order valence-corrected chi connectivity index (χ1v) is 7.59. The molecule has 1 saturated heterocycles. The fraction of sp³-hybridized carbons (Fsp3) is 0.211. The third-order valence-corrected chi connectivity index (χ3v) is 3.85. The van der Waals surface area contributed by atoms with Gasteiger partial charge in [0, 0.05) is 43.4 Å². The van der Waals surface area contributed by atoms with Gasteiger partial charge in [0.05, 0.1) is 0 Å². The maximum Gasteiger partial charge on any atom is 0.298 e. The molecule has 2 aromatic rings. The van der Waals surface area contributed by atoms with Crippen molar-refractivity contribution >= 4 is 11.6 Å². The van der Waals surface area contributed by atoms with E-state index in [0.717, 1.165) is 24.3 Å². The van der Waals surface area contributed by atoms with Crippen molar-refractivity contribution in [1.82, 2.24) is 4.90 Å². The number of halogens is 1. The fourth-order valence-electron chi connectivity index (χ4n) is 2.55. The van der Waals surface area contributed by atoms with Gasteiger partial charge in [0.25, 0.3) is 5.91 Å². The van der Waals surface area contributed by atoms with Crippen molar-refractivity contribution in [3.63, 3.8) is 0 Å². The summed E-state index contributed by atoms with van der Waals surface area (Å²) in [6.45, 7) is 2.70. The van der Waals surface area contributed by atoms with E-state index < -0.39 is 0 Å². The van der Waals surface area contributed by atoms with Crippen LogP contribution in [0.4, 0.5) is 10.1 Å². The smallest absolute Gasteiger partial charge is 0.298 e. The highest BCUT2D eigenvalue weighted by molar-refractivity contribution is 5.94. The van der Waals surface area contributed by atoms with Gasteiger partial charge < -0.3 is 9.80 Å². The lowest BCUT2D eigenvalue weighted by atomic mass is 10.2. The van der Waals surface area contributed by atoms with Crippen LogP contribution in [-0.4, -0.2) is 37.0 Å². The third kappa shape index (κ3) is 3.89. The quantitative estimate of drug-likeness (QED) is 0.756. The topological polar surface area (TPSA) is 23.6 Å². The highest BCUT2D eigenvalue weighted by atomic mass is 19.1. The predicted molar refractivity (Wildman–Crippen MR) is 88.5 cm³/mol. The largest absolute Gasteiger partial charge is 0.368 e. The van der Waals surface area contributed by atoms with E-state index in [1.54, 1.807) is 17.0 Å². The maximum atomic E-state index is 13.0. The first kappa shape index (κ1) is 15.1. The summed E-state index contributed by atoms with van der Waals surface area (Å²) in [5.41, 5.74) is 1.82. The number of rotatable bonds is 1. The molecule has 3 nitrogen and oxygen atoms in total. The molecule has 0 aliphatic carbocycles. The van der Waals surface area contributed by atoms with E-state index in [2.05, 4.69) is 16.7 Å². The van der Waals surface area contributed by atoms with E-state index in [-0.39, 0.29) is 11.7 Å². The molecule has 0 spiro atoms. The zero-order chi connectivity index (χ0) is 16.1. The Morgan fingerprint density at radius 2 is 1.57 bits per heavy atom. The SMILES string of the molecule is O=C(C#Cc1ccccc1)N1CCN(c2ccc(F)cc2)CC1. The van der Waals surface area contributed by atoms with E-state index >= 15 is 0 Å². The van der Waals surface area contributed by atoms with Crippen LogP contribution >= 0.6 is 0 Å². The highest BCUT2D eigenvalue weighted by Crippen LogP contribution is 2.16. The molecule has 23 heavy (non-hydrogen) atoms. The predicted octanol–water partition coefficient (Wildman–Crippen LogP) is 2.53. The van der Waals surface area contributed by atoms with Gasteiger partial charge in [-0.25, -0.2) is 4.39 Å². The van der Waals surface area contributed by atoms with Crippen molar-refractivity contribution in [3.05, 3.63) is 66.0 Å². The Kier molecular flexibility index (Phi) is 4.58. The molecule has 0 unspecified atom stereocenters. The van der Waals surface area contributed by atoms with E-state index in [1.165, 1.54) is 12.1 Å². The molecule has 0 bridgehead atoms. The van der Waals surface area contributed by atoms with Crippen LogP contribution in [0.1, 0.15) is 5.56 Å². The van der Waals surface area contributed by atoms with Crippen molar-refractivity contribution in [1.29, 1.82) is 0 Å². The van der Waals surface area contributed by atoms with Gasteiger partial charge in [-0.15, -0.1) is 0 Å². The minimum absolute atomic E-state index is 0.146. The third-order valence-electron chi connectivity index (χ3n) is 3.85. The summed E-state index contributed by atoms with van der Waals surface area (Å²) in [6.07, 6.45) is 0. The van der Waals surface area contributed by atoms with Gasteiger partial charge in [-0.2, -0.15) is 0 Å². The Morgan fingerprint density at radius 1 is 0.913 bits per heavy atom. The monoisotopic (exact) mass is 308 g/mol. The molecule has 0 radical (unpaired) electrons. The molecule has 4 heteroatoms. The van der Waals surface area contributed by atoms with Crippen LogP contribution in [0, 0.1) is 17.7 Å². The average Bonchev–Trinajstić information content (AvgIpc) is 2.61. The van der Waals surface area contributed by atoms with Crippen LogP contribution in [0.2, 0.25) is 0 Å². The molecule has 1 heterocycles. The highest BCUT2D eigenvalue weighted by Gasteiger charge is 2.20. The zero-order valence-corrected chi connectivity index (χ0v) is 12.7. The van der Waals surface area contributed by atoms with E-state index in [1.807, 2.05) is 30.3 Å². The van der Waals surface area contributed by atoms with Gasteiger partial charge in [-0.05, 0) is 36.4 Å². The second-order valence-electron chi connectivity index (χ2n) is 5.37. The summed E-state index contributed by atoms with van der Waals surface area (Å²) in [5, 5.41) is 0. The van der Waals surface area contributed by atoms with Crippen LogP contribution < -0.4 is 4.90 Å². The summed E-state index contributed by atoms with van der Waals surface area (Å²) in [5.74, 6) is 5.21. The van der Waals surface area contributed by atoms with Gasteiger partial charge in [-0.1, -0.05) is 24.1 Å². The van der Waals surface area contributed by atoms with Crippen LogP contribution in [0.15, 0.2) is 54.6 Å². The van der Waals surface area contributed by atoms with Crippen LogP contribution in [0.25, 0.3) is 0 Å². The first-order chi connectivity index (χ1) is 11.2. The lowest BCUT2D eigenvalue weighted by Gasteiger charge is -2.35. The summed E-state index contributed by atoms with van der Waals surface area (Å²) in [4.78, 5) is 16.1. The Labute approximate surface area is 135 Å². The molecular weight excluding hydrogens is 291 g/mol. The van der Waals surface area contributed by atoms with Crippen molar-refractivity contribution in [2.45, 2.75) is 0 Å². The van der Waals surface area contributed by atoms with E-state index in [0.29, 0.717) is 13.1 Å². The number of carbonyl (C=O) groups excluding carboxylic acids is 1. The molecule has 0 atom stereocenters. The zero-order valence-electron chi connectivity index (χ0n) is 12.7. The second kappa shape index (κ2) is 6.97. The van der Waals surface area contributed by atoms with E-state index in [9.17, 15) is 9.18 Å². The number of hydrogen-bond donors (Lipinski definition) is 0. The number of hydrogen-bond acceptors (Lipinski definition) is 2. The van der Waals surface area contributed by atoms with Gasteiger partial charge in [-0.3, -0.25) is 4.79 Å². The van der Waals surface area contributed by atoms with Crippen molar-refractivity contribution < 1.29 is 9.18 Å².